The van der Waals surface area contributed by atoms with E-state index in [1.165, 1.54) is 0 Å². The molecule has 0 radical (unpaired) electrons. The van der Waals surface area contributed by atoms with Crippen LogP contribution < -0.4 is 14.8 Å². The third kappa shape index (κ3) is 3.61. The van der Waals surface area contributed by atoms with Crippen molar-refractivity contribution in [3.05, 3.63) is 48.2 Å². The molecule has 0 aliphatic carbocycles. The normalized spacial score (nSPS) is 10.0. The zero-order valence-corrected chi connectivity index (χ0v) is 11.2. The first kappa shape index (κ1) is 13.2. The molecule has 0 saturated heterocycles. The second-order valence-electron chi connectivity index (χ2n) is 3.95. The number of rotatable bonds is 6. The van der Waals surface area contributed by atoms with Crippen LogP contribution in [0.2, 0.25) is 0 Å². The Kier molecular flexibility index (Phi) is 4.61. The van der Waals surface area contributed by atoms with Gasteiger partial charge in [-0.2, -0.15) is 0 Å². The van der Waals surface area contributed by atoms with E-state index in [4.69, 9.17) is 9.47 Å². The van der Waals surface area contributed by atoms with E-state index in [1.807, 2.05) is 50.4 Å². The Balaban J connectivity index is 1.98. The van der Waals surface area contributed by atoms with Gasteiger partial charge in [0, 0.05) is 18.8 Å². The summed E-state index contributed by atoms with van der Waals surface area (Å²) in [6, 6.07) is 11.5. The molecule has 0 aliphatic rings. The minimum atomic E-state index is 0.484. The molecular formula is C15H18N2O2. The van der Waals surface area contributed by atoms with Gasteiger partial charge in [0.15, 0.2) is 0 Å². The van der Waals surface area contributed by atoms with E-state index >= 15 is 0 Å². The highest BCUT2D eigenvalue weighted by molar-refractivity contribution is 5.42. The number of aromatic nitrogens is 1. The zero-order chi connectivity index (χ0) is 13.5. The lowest BCUT2D eigenvalue weighted by atomic mass is 10.2. The summed E-state index contributed by atoms with van der Waals surface area (Å²) in [4.78, 5) is 4.24. The third-order valence-electron chi connectivity index (χ3n) is 2.66. The second-order valence-corrected chi connectivity index (χ2v) is 3.95. The zero-order valence-electron chi connectivity index (χ0n) is 11.2. The number of nitrogens with zero attached hydrogens (tertiary/aromatic N) is 1. The van der Waals surface area contributed by atoms with Gasteiger partial charge in [0.1, 0.15) is 23.9 Å². The maximum atomic E-state index is 5.73. The molecule has 2 rings (SSSR count). The van der Waals surface area contributed by atoms with E-state index in [-0.39, 0.29) is 0 Å². The minimum absolute atomic E-state index is 0.484. The van der Waals surface area contributed by atoms with Crippen molar-refractivity contribution < 1.29 is 9.47 Å². The Bertz CT molecular complexity index is 512. The lowest BCUT2D eigenvalue weighted by Crippen LogP contribution is -2.02. The molecule has 1 aromatic heterocycles. The number of hydrogen-bond donors (Lipinski definition) is 1. The molecule has 1 aromatic carbocycles. The first-order chi connectivity index (χ1) is 9.33. The number of anilines is 1. The summed E-state index contributed by atoms with van der Waals surface area (Å²) in [7, 11) is 1.85. The number of ether oxygens (including phenoxy) is 2. The SMILES string of the molecule is CCOc1ccc(OCc2cccnc2NC)cc1. The van der Waals surface area contributed by atoms with Gasteiger partial charge in [0.25, 0.3) is 0 Å². The van der Waals surface area contributed by atoms with Crippen LogP contribution in [0.4, 0.5) is 5.82 Å². The standard InChI is InChI=1S/C15H18N2O2/c1-3-18-13-6-8-14(9-7-13)19-11-12-5-4-10-17-15(12)16-2/h4-10H,3,11H2,1-2H3,(H,16,17). The van der Waals surface area contributed by atoms with Crippen molar-refractivity contribution in [2.75, 3.05) is 19.0 Å². The molecule has 0 fully saturated rings. The molecule has 4 nitrogen and oxygen atoms in total. The summed E-state index contributed by atoms with van der Waals surface area (Å²) in [5.74, 6) is 2.51. The quantitative estimate of drug-likeness (QED) is 0.864. The van der Waals surface area contributed by atoms with Gasteiger partial charge < -0.3 is 14.8 Å². The van der Waals surface area contributed by atoms with Gasteiger partial charge in [-0.05, 0) is 37.3 Å². The monoisotopic (exact) mass is 258 g/mol. The number of hydrogen-bond acceptors (Lipinski definition) is 4. The molecule has 1 heterocycles. The predicted molar refractivity (Wildman–Crippen MR) is 75.7 cm³/mol. The van der Waals surface area contributed by atoms with Gasteiger partial charge in [0.05, 0.1) is 6.61 Å². The average Bonchev–Trinajstić information content (AvgIpc) is 2.47. The van der Waals surface area contributed by atoms with Crippen molar-refractivity contribution in [3.63, 3.8) is 0 Å². The van der Waals surface area contributed by atoms with E-state index in [9.17, 15) is 0 Å². The Morgan fingerprint density at radius 1 is 1.05 bits per heavy atom. The van der Waals surface area contributed by atoms with Crippen LogP contribution in [-0.2, 0) is 6.61 Å². The van der Waals surface area contributed by atoms with Crippen LogP contribution in [0.1, 0.15) is 12.5 Å². The van der Waals surface area contributed by atoms with Crippen LogP contribution in [-0.4, -0.2) is 18.6 Å². The van der Waals surface area contributed by atoms with Gasteiger partial charge in [-0.15, -0.1) is 0 Å². The molecule has 0 bridgehead atoms. The topological polar surface area (TPSA) is 43.4 Å². The number of benzene rings is 1. The van der Waals surface area contributed by atoms with Crippen LogP contribution in [0.5, 0.6) is 11.5 Å². The highest BCUT2D eigenvalue weighted by atomic mass is 16.5. The van der Waals surface area contributed by atoms with Crippen LogP contribution in [0.3, 0.4) is 0 Å². The summed E-state index contributed by atoms with van der Waals surface area (Å²) < 4.78 is 11.1. The molecule has 1 N–H and O–H groups in total. The summed E-state index contributed by atoms with van der Waals surface area (Å²) in [6.45, 7) is 3.12. The van der Waals surface area contributed by atoms with Crippen LogP contribution in [0, 0.1) is 0 Å². The summed E-state index contributed by atoms with van der Waals surface area (Å²) in [5, 5.41) is 3.05. The smallest absolute Gasteiger partial charge is 0.132 e. The maximum Gasteiger partial charge on any atom is 0.132 e. The molecular weight excluding hydrogens is 240 g/mol. The molecule has 2 aromatic rings. The lowest BCUT2D eigenvalue weighted by molar-refractivity contribution is 0.304. The van der Waals surface area contributed by atoms with Gasteiger partial charge in [-0.25, -0.2) is 4.98 Å². The van der Waals surface area contributed by atoms with E-state index in [0.29, 0.717) is 13.2 Å². The van der Waals surface area contributed by atoms with Crippen molar-refractivity contribution in [1.29, 1.82) is 0 Å². The fraction of sp³-hybridized carbons (Fsp3) is 0.267. The number of nitrogens with one attached hydrogen (secondary N) is 1. The molecule has 0 unspecified atom stereocenters. The van der Waals surface area contributed by atoms with Gasteiger partial charge in [0.2, 0.25) is 0 Å². The maximum absolute atomic E-state index is 5.73. The predicted octanol–water partition coefficient (Wildman–Crippen LogP) is 3.10. The number of pyridine rings is 1. The minimum Gasteiger partial charge on any atom is -0.494 e. The Hall–Kier alpha value is -2.23. The van der Waals surface area contributed by atoms with E-state index in [0.717, 1.165) is 22.9 Å². The highest BCUT2D eigenvalue weighted by Crippen LogP contribution is 2.20. The molecule has 0 spiro atoms. The lowest BCUT2D eigenvalue weighted by Gasteiger charge is -2.10. The summed E-state index contributed by atoms with van der Waals surface area (Å²) >= 11 is 0. The van der Waals surface area contributed by atoms with Crippen molar-refractivity contribution in [3.8, 4) is 11.5 Å². The van der Waals surface area contributed by atoms with Crippen molar-refractivity contribution in [2.45, 2.75) is 13.5 Å². The molecule has 0 amide bonds. The fourth-order valence-electron chi connectivity index (χ4n) is 1.74. The summed E-state index contributed by atoms with van der Waals surface area (Å²) in [5.41, 5.74) is 1.03. The second kappa shape index (κ2) is 6.64. The van der Waals surface area contributed by atoms with Crippen molar-refractivity contribution >= 4 is 5.82 Å². The highest BCUT2D eigenvalue weighted by Gasteiger charge is 2.02. The van der Waals surface area contributed by atoms with Gasteiger partial charge in [-0.3, -0.25) is 0 Å². The molecule has 19 heavy (non-hydrogen) atoms. The van der Waals surface area contributed by atoms with Gasteiger partial charge >= 0.3 is 0 Å². The first-order valence-corrected chi connectivity index (χ1v) is 6.30. The molecule has 4 heteroatoms. The van der Waals surface area contributed by atoms with E-state index < -0.39 is 0 Å². The van der Waals surface area contributed by atoms with Gasteiger partial charge in [-0.1, -0.05) is 6.07 Å². The van der Waals surface area contributed by atoms with Crippen LogP contribution in [0.15, 0.2) is 42.6 Å². The van der Waals surface area contributed by atoms with E-state index in [1.54, 1.807) is 6.20 Å². The Morgan fingerprint density at radius 3 is 2.37 bits per heavy atom. The van der Waals surface area contributed by atoms with Crippen molar-refractivity contribution in [2.24, 2.45) is 0 Å². The van der Waals surface area contributed by atoms with Crippen LogP contribution >= 0.6 is 0 Å². The first-order valence-electron chi connectivity index (χ1n) is 6.30. The fourth-order valence-corrected chi connectivity index (χ4v) is 1.74. The molecule has 0 aliphatic heterocycles. The molecule has 0 saturated carbocycles. The summed E-state index contributed by atoms with van der Waals surface area (Å²) in [6.07, 6.45) is 1.76. The van der Waals surface area contributed by atoms with Crippen LogP contribution in [0.25, 0.3) is 0 Å². The molecule has 100 valence electrons. The molecule has 0 atom stereocenters. The average molecular weight is 258 g/mol. The Morgan fingerprint density at radius 2 is 1.74 bits per heavy atom. The van der Waals surface area contributed by atoms with Crippen molar-refractivity contribution in [1.82, 2.24) is 4.98 Å². The van der Waals surface area contributed by atoms with E-state index in [2.05, 4.69) is 10.3 Å². The Labute approximate surface area is 113 Å². The largest absolute Gasteiger partial charge is 0.494 e. The third-order valence-corrected chi connectivity index (χ3v) is 2.66.